The lowest BCUT2D eigenvalue weighted by Crippen LogP contribution is -2.32. The first-order valence-electron chi connectivity index (χ1n) is 5.87. The van der Waals surface area contributed by atoms with E-state index in [1.54, 1.807) is 0 Å². The first-order valence-corrected chi connectivity index (χ1v) is 7.48. The normalized spacial score (nSPS) is 20.4. The quantitative estimate of drug-likeness (QED) is 0.833. The molecule has 1 fully saturated rings. The summed E-state index contributed by atoms with van der Waals surface area (Å²) in [6.45, 7) is 6.80. The molecule has 1 unspecified atom stereocenters. The lowest BCUT2D eigenvalue weighted by atomic mass is 10.2. The van der Waals surface area contributed by atoms with Gasteiger partial charge in [0.2, 0.25) is 10.0 Å². The summed E-state index contributed by atoms with van der Waals surface area (Å²) < 4.78 is 22.7. The highest BCUT2D eigenvalue weighted by molar-refractivity contribution is 7.89. The van der Waals surface area contributed by atoms with Crippen molar-refractivity contribution in [1.82, 2.24) is 9.97 Å². The maximum Gasteiger partial charge on any atom is 0.213 e. The second kappa shape index (κ2) is 4.47. The fourth-order valence-corrected chi connectivity index (χ4v) is 3.07. The number of nitrogens with zero attached hydrogens (tertiary/aromatic N) is 3. The largest absolute Gasteiger partial charge is 0.355 e. The van der Waals surface area contributed by atoms with Crippen molar-refractivity contribution in [2.24, 2.45) is 5.14 Å². The maximum absolute atomic E-state index is 11.3. The monoisotopic (exact) mass is 270 g/mol. The summed E-state index contributed by atoms with van der Waals surface area (Å²) in [5.41, 5.74) is 1.92. The molecular formula is C11H18N4O2S. The van der Waals surface area contributed by atoms with Crippen molar-refractivity contribution in [3.8, 4) is 0 Å². The molecule has 0 amide bonds. The molecule has 0 radical (unpaired) electrons. The molecule has 100 valence electrons. The molecule has 1 atom stereocenters. The fourth-order valence-electron chi connectivity index (χ4n) is 2.25. The molecular weight excluding hydrogens is 252 g/mol. The molecule has 0 bridgehead atoms. The van der Waals surface area contributed by atoms with Crippen molar-refractivity contribution in [1.29, 1.82) is 0 Å². The van der Waals surface area contributed by atoms with Gasteiger partial charge in [-0.3, -0.25) is 0 Å². The van der Waals surface area contributed by atoms with E-state index in [-0.39, 0.29) is 0 Å². The summed E-state index contributed by atoms with van der Waals surface area (Å²) in [5.74, 6) is 1.53. The third-order valence-electron chi connectivity index (χ3n) is 3.38. The summed E-state index contributed by atoms with van der Waals surface area (Å²) in [4.78, 5) is 10.7. The van der Waals surface area contributed by atoms with Gasteiger partial charge >= 0.3 is 0 Å². The van der Waals surface area contributed by atoms with Crippen LogP contribution in [0, 0.1) is 20.8 Å². The lowest BCUT2D eigenvalue weighted by molar-refractivity contribution is 0.585. The molecule has 1 aliphatic rings. The van der Waals surface area contributed by atoms with Crippen LogP contribution in [0.2, 0.25) is 0 Å². The Morgan fingerprint density at radius 1 is 1.28 bits per heavy atom. The van der Waals surface area contributed by atoms with Crippen LogP contribution in [0.5, 0.6) is 0 Å². The number of primary sulfonamides is 1. The topological polar surface area (TPSA) is 89.2 Å². The van der Waals surface area contributed by atoms with Crippen LogP contribution in [0.4, 0.5) is 5.82 Å². The number of hydrogen-bond donors (Lipinski definition) is 1. The number of hydrogen-bond acceptors (Lipinski definition) is 5. The molecule has 18 heavy (non-hydrogen) atoms. The van der Waals surface area contributed by atoms with Gasteiger partial charge in [0, 0.05) is 24.3 Å². The Morgan fingerprint density at radius 2 is 1.94 bits per heavy atom. The number of anilines is 1. The van der Waals surface area contributed by atoms with Crippen molar-refractivity contribution in [3.05, 3.63) is 17.1 Å². The minimum absolute atomic E-state index is 0.412. The molecule has 2 rings (SSSR count). The van der Waals surface area contributed by atoms with Gasteiger partial charge in [0.05, 0.1) is 5.25 Å². The molecule has 1 aromatic rings. The summed E-state index contributed by atoms with van der Waals surface area (Å²) in [5, 5.41) is 4.70. The van der Waals surface area contributed by atoms with Gasteiger partial charge in [0.25, 0.3) is 0 Å². The van der Waals surface area contributed by atoms with E-state index < -0.39 is 15.3 Å². The van der Waals surface area contributed by atoms with Crippen molar-refractivity contribution >= 4 is 15.8 Å². The van der Waals surface area contributed by atoms with Crippen molar-refractivity contribution in [3.63, 3.8) is 0 Å². The molecule has 0 saturated carbocycles. The van der Waals surface area contributed by atoms with Crippen molar-refractivity contribution in [2.75, 3.05) is 18.0 Å². The van der Waals surface area contributed by atoms with Gasteiger partial charge < -0.3 is 4.90 Å². The molecule has 1 saturated heterocycles. The van der Waals surface area contributed by atoms with Crippen LogP contribution >= 0.6 is 0 Å². The Kier molecular flexibility index (Phi) is 3.29. The Morgan fingerprint density at radius 3 is 2.50 bits per heavy atom. The maximum atomic E-state index is 11.3. The highest BCUT2D eigenvalue weighted by atomic mass is 32.2. The van der Waals surface area contributed by atoms with Gasteiger partial charge in [0.15, 0.2) is 0 Å². The van der Waals surface area contributed by atoms with Crippen LogP contribution in [0.15, 0.2) is 0 Å². The number of sulfonamides is 1. The molecule has 1 aliphatic heterocycles. The van der Waals surface area contributed by atoms with E-state index in [9.17, 15) is 8.42 Å². The molecule has 0 aliphatic carbocycles. The van der Waals surface area contributed by atoms with Gasteiger partial charge in [0.1, 0.15) is 11.6 Å². The van der Waals surface area contributed by atoms with E-state index in [1.807, 2.05) is 25.7 Å². The zero-order valence-electron chi connectivity index (χ0n) is 10.8. The first-order chi connectivity index (χ1) is 8.29. The van der Waals surface area contributed by atoms with Gasteiger partial charge in [-0.1, -0.05) is 0 Å². The lowest BCUT2D eigenvalue weighted by Gasteiger charge is -2.20. The second-order valence-electron chi connectivity index (χ2n) is 4.75. The van der Waals surface area contributed by atoms with Gasteiger partial charge in [-0.2, -0.15) is 0 Å². The Bertz CT molecular complexity index is 571. The molecule has 2 N–H and O–H groups in total. The Hall–Kier alpha value is -1.21. The molecule has 6 nitrogen and oxygen atoms in total. The smallest absolute Gasteiger partial charge is 0.213 e. The molecule has 2 heterocycles. The predicted octanol–water partition coefficient (Wildman–Crippen LogP) is 0.269. The first kappa shape index (κ1) is 13.2. The SMILES string of the molecule is Cc1nc(C)c(C)c(N2CCC(S(N)(=O)=O)C2)n1. The Balaban J connectivity index is 2.30. The van der Waals surface area contributed by atoms with E-state index >= 15 is 0 Å². The average Bonchev–Trinajstić information content (AvgIpc) is 2.71. The molecule has 1 aromatic heterocycles. The standard InChI is InChI=1S/C11H18N4O2S/c1-7-8(2)13-9(3)14-11(7)15-5-4-10(6-15)18(12,16)17/h10H,4-6H2,1-3H3,(H2,12,16,17). The van der Waals surface area contributed by atoms with E-state index in [4.69, 9.17) is 5.14 Å². The van der Waals surface area contributed by atoms with E-state index in [0.29, 0.717) is 25.3 Å². The van der Waals surface area contributed by atoms with E-state index in [0.717, 1.165) is 17.1 Å². The minimum atomic E-state index is -3.46. The summed E-state index contributed by atoms with van der Waals surface area (Å²) in [6.07, 6.45) is 0.556. The highest BCUT2D eigenvalue weighted by Crippen LogP contribution is 2.25. The molecule has 7 heteroatoms. The molecule has 0 spiro atoms. The summed E-state index contributed by atoms with van der Waals surface area (Å²) >= 11 is 0. The number of aromatic nitrogens is 2. The van der Waals surface area contributed by atoms with E-state index in [1.165, 1.54) is 0 Å². The van der Waals surface area contributed by atoms with Crippen LogP contribution in [0.1, 0.15) is 23.5 Å². The van der Waals surface area contributed by atoms with Gasteiger partial charge in [-0.25, -0.2) is 23.5 Å². The second-order valence-corrected chi connectivity index (χ2v) is 6.60. The molecule has 0 aromatic carbocycles. The van der Waals surface area contributed by atoms with Crippen molar-refractivity contribution in [2.45, 2.75) is 32.4 Å². The number of nitrogens with two attached hydrogens (primary N) is 1. The van der Waals surface area contributed by atoms with E-state index in [2.05, 4.69) is 9.97 Å². The van der Waals surface area contributed by atoms with Gasteiger partial charge in [-0.05, 0) is 27.2 Å². The van der Waals surface area contributed by atoms with Crippen LogP contribution in [0.25, 0.3) is 0 Å². The fraction of sp³-hybridized carbons (Fsp3) is 0.636. The zero-order chi connectivity index (χ0) is 13.5. The third kappa shape index (κ3) is 2.46. The number of rotatable bonds is 2. The Labute approximate surface area is 107 Å². The van der Waals surface area contributed by atoms with Crippen LogP contribution in [-0.4, -0.2) is 36.7 Å². The minimum Gasteiger partial charge on any atom is -0.355 e. The summed E-state index contributed by atoms with van der Waals surface area (Å²) in [7, 11) is -3.46. The van der Waals surface area contributed by atoms with Crippen molar-refractivity contribution < 1.29 is 8.42 Å². The van der Waals surface area contributed by atoms with Crippen LogP contribution < -0.4 is 10.0 Å². The zero-order valence-corrected chi connectivity index (χ0v) is 11.7. The van der Waals surface area contributed by atoms with Crippen LogP contribution in [-0.2, 0) is 10.0 Å². The highest BCUT2D eigenvalue weighted by Gasteiger charge is 2.32. The summed E-state index contributed by atoms with van der Waals surface area (Å²) in [6, 6.07) is 0. The number of aryl methyl sites for hydroxylation is 2. The van der Waals surface area contributed by atoms with Gasteiger partial charge in [-0.15, -0.1) is 0 Å². The average molecular weight is 270 g/mol. The van der Waals surface area contributed by atoms with Crippen LogP contribution in [0.3, 0.4) is 0 Å². The third-order valence-corrected chi connectivity index (χ3v) is 4.70. The predicted molar refractivity (Wildman–Crippen MR) is 70.0 cm³/mol.